The van der Waals surface area contributed by atoms with Crippen LogP contribution in [-0.2, 0) is 0 Å². The average Bonchev–Trinajstić information content (AvgIpc) is 1.94. The van der Waals surface area contributed by atoms with Crippen molar-refractivity contribution in [2.24, 2.45) is 0 Å². The molecule has 1 heterocycles. The highest BCUT2D eigenvalue weighted by atomic mass is 19.1. The molecule has 0 aliphatic carbocycles. The second-order valence-electron chi connectivity index (χ2n) is 2.60. The van der Waals surface area contributed by atoms with Crippen molar-refractivity contribution in [3.63, 3.8) is 0 Å². The zero-order valence-corrected chi connectivity index (χ0v) is 5.90. The van der Waals surface area contributed by atoms with Gasteiger partial charge in [0.05, 0.1) is 12.6 Å². The number of hydrogen-bond acceptors (Lipinski definition) is 2. The maximum atomic E-state index is 12.6. The van der Waals surface area contributed by atoms with Crippen LogP contribution in [0.1, 0.15) is 6.42 Å². The van der Waals surface area contributed by atoms with Crippen LogP contribution in [0.5, 0.6) is 0 Å². The Balaban J connectivity index is 2.46. The third-order valence-electron chi connectivity index (χ3n) is 1.78. The predicted molar refractivity (Wildman–Crippen MR) is 35.1 cm³/mol. The van der Waals surface area contributed by atoms with E-state index in [0.717, 1.165) is 4.90 Å². The van der Waals surface area contributed by atoms with Gasteiger partial charge in [0.15, 0.2) is 0 Å². The SMILES string of the molecule is O=C(O)N1CCC(O)[C@H](F)C1. The molecule has 5 heteroatoms. The first-order valence-electron chi connectivity index (χ1n) is 3.41. The number of carbonyl (C=O) groups is 1. The number of aliphatic hydroxyl groups excluding tert-OH is 1. The van der Waals surface area contributed by atoms with E-state index in [1.165, 1.54) is 0 Å². The molecule has 1 rings (SSSR count). The summed E-state index contributed by atoms with van der Waals surface area (Å²) >= 11 is 0. The van der Waals surface area contributed by atoms with Gasteiger partial charge in [-0.25, -0.2) is 9.18 Å². The van der Waals surface area contributed by atoms with Gasteiger partial charge in [-0.15, -0.1) is 0 Å². The van der Waals surface area contributed by atoms with Gasteiger partial charge in [-0.3, -0.25) is 0 Å². The van der Waals surface area contributed by atoms with Crippen LogP contribution in [0.15, 0.2) is 0 Å². The maximum absolute atomic E-state index is 12.6. The zero-order valence-electron chi connectivity index (χ0n) is 5.90. The van der Waals surface area contributed by atoms with Crippen LogP contribution >= 0.6 is 0 Å². The molecular weight excluding hydrogens is 153 g/mol. The number of amides is 1. The normalized spacial score (nSPS) is 32.0. The van der Waals surface area contributed by atoms with Gasteiger partial charge in [0.2, 0.25) is 0 Å². The first-order chi connectivity index (χ1) is 5.11. The Bertz CT molecular complexity index is 164. The van der Waals surface area contributed by atoms with Gasteiger partial charge in [-0.1, -0.05) is 0 Å². The molecular formula is C6H10FNO3. The molecule has 1 saturated heterocycles. The van der Waals surface area contributed by atoms with E-state index in [2.05, 4.69) is 0 Å². The lowest BCUT2D eigenvalue weighted by molar-refractivity contribution is 0.0106. The Hall–Kier alpha value is -0.840. The minimum atomic E-state index is -1.43. The van der Waals surface area contributed by atoms with Crippen molar-refractivity contribution in [1.29, 1.82) is 0 Å². The topological polar surface area (TPSA) is 60.8 Å². The summed E-state index contributed by atoms with van der Waals surface area (Å²) in [6.45, 7) is 0.00736. The Morgan fingerprint density at radius 3 is 2.73 bits per heavy atom. The molecule has 1 fully saturated rings. The molecule has 2 N–H and O–H groups in total. The van der Waals surface area contributed by atoms with Gasteiger partial charge in [-0.05, 0) is 6.42 Å². The third kappa shape index (κ3) is 1.80. The van der Waals surface area contributed by atoms with E-state index in [4.69, 9.17) is 10.2 Å². The van der Waals surface area contributed by atoms with Gasteiger partial charge in [0.25, 0.3) is 0 Å². The first kappa shape index (κ1) is 8.26. The lowest BCUT2D eigenvalue weighted by atomic mass is 10.1. The summed E-state index contributed by atoms with van der Waals surface area (Å²) < 4.78 is 12.6. The summed E-state index contributed by atoms with van der Waals surface area (Å²) in [5.74, 6) is 0. The van der Waals surface area contributed by atoms with Gasteiger partial charge in [0.1, 0.15) is 6.17 Å². The molecule has 4 nitrogen and oxygen atoms in total. The summed E-state index contributed by atoms with van der Waals surface area (Å²) in [4.78, 5) is 11.3. The standard InChI is InChI=1S/C6H10FNO3/c7-4-3-8(6(10)11)2-1-5(4)9/h4-5,9H,1-3H2,(H,10,11)/t4-,5?/m1/s1. The van der Waals surface area contributed by atoms with Crippen LogP contribution in [0.2, 0.25) is 0 Å². The van der Waals surface area contributed by atoms with Gasteiger partial charge >= 0.3 is 6.09 Å². The number of nitrogens with zero attached hydrogens (tertiary/aromatic N) is 1. The summed E-state index contributed by atoms with van der Waals surface area (Å²) in [5, 5.41) is 17.3. The number of hydrogen-bond donors (Lipinski definition) is 2. The van der Waals surface area contributed by atoms with Crippen molar-refractivity contribution in [1.82, 2.24) is 4.90 Å². The van der Waals surface area contributed by atoms with Crippen LogP contribution in [0.3, 0.4) is 0 Å². The van der Waals surface area contributed by atoms with Crippen LogP contribution < -0.4 is 0 Å². The van der Waals surface area contributed by atoms with E-state index in [0.29, 0.717) is 0 Å². The number of halogens is 1. The number of piperidine rings is 1. The minimum Gasteiger partial charge on any atom is -0.465 e. The quantitative estimate of drug-likeness (QED) is 0.531. The van der Waals surface area contributed by atoms with Crippen LogP contribution in [0.4, 0.5) is 9.18 Å². The predicted octanol–water partition coefficient (Wildman–Crippen LogP) is 0.0691. The summed E-state index contributed by atoms with van der Waals surface area (Å²) in [6, 6.07) is 0. The number of likely N-dealkylation sites (tertiary alicyclic amines) is 1. The molecule has 64 valence electrons. The number of aliphatic hydroxyl groups is 1. The molecule has 0 bridgehead atoms. The Morgan fingerprint density at radius 1 is 1.64 bits per heavy atom. The van der Waals surface area contributed by atoms with E-state index < -0.39 is 18.4 Å². The smallest absolute Gasteiger partial charge is 0.407 e. The van der Waals surface area contributed by atoms with E-state index in [1.807, 2.05) is 0 Å². The first-order valence-corrected chi connectivity index (χ1v) is 3.41. The molecule has 0 spiro atoms. The second kappa shape index (κ2) is 3.04. The highest BCUT2D eigenvalue weighted by Crippen LogP contribution is 2.13. The average molecular weight is 163 g/mol. The van der Waals surface area contributed by atoms with Crippen LogP contribution in [-0.4, -0.2) is 46.6 Å². The van der Waals surface area contributed by atoms with Crippen molar-refractivity contribution in [3.05, 3.63) is 0 Å². The Kier molecular flexibility index (Phi) is 2.28. The van der Waals surface area contributed by atoms with Crippen LogP contribution in [0.25, 0.3) is 0 Å². The molecule has 0 radical (unpaired) electrons. The van der Waals surface area contributed by atoms with Gasteiger partial charge < -0.3 is 15.1 Å². The number of carboxylic acid groups (broad SMARTS) is 1. The summed E-state index contributed by atoms with van der Waals surface area (Å²) in [7, 11) is 0. The molecule has 0 aromatic carbocycles. The lowest BCUT2D eigenvalue weighted by Gasteiger charge is -2.29. The van der Waals surface area contributed by atoms with Crippen molar-refractivity contribution < 1.29 is 19.4 Å². The number of alkyl halides is 1. The minimum absolute atomic E-state index is 0.188. The largest absolute Gasteiger partial charge is 0.465 e. The van der Waals surface area contributed by atoms with Crippen molar-refractivity contribution >= 4 is 6.09 Å². The zero-order chi connectivity index (χ0) is 8.43. The summed E-state index contributed by atoms with van der Waals surface area (Å²) in [5.41, 5.74) is 0. The maximum Gasteiger partial charge on any atom is 0.407 e. The highest BCUT2D eigenvalue weighted by molar-refractivity contribution is 5.65. The monoisotopic (exact) mass is 163 g/mol. The third-order valence-corrected chi connectivity index (χ3v) is 1.78. The Morgan fingerprint density at radius 2 is 2.27 bits per heavy atom. The van der Waals surface area contributed by atoms with Gasteiger partial charge in [0, 0.05) is 6.54 Å². The summed E-state index contributed by atoms with van der Waals surface area (Å²) in [6.07, 6.45) is -3.36. The highest BCUT2D eigenvalue weighted by Gasteiger charge is 2.29. The number of rotatable bonds is 0. The molecule has 1 unspecified atom stereocenters. The molecule has 1 aliphatic rings. The van der Waals surface area contributed by atoms with E-state index in [-0.39, 0.29) is 19.5 Å². The fraction of sp³-hybridized carbons (Fsp3) is 0.833. The molecule has 11 heavy (non-hydrogen) atoms. The Labute approximate surface area is 63.2 Å². The fourth-order valence-electron chi connectivity index (χ4n) is 1.07. The van der Waals surface area contributed by atoms with Crippen molar-refractivity contribution in [2.75, 3.05) is 13.1 Å². The van der Waals surface area contributed by atoms with Crippen LogP contribution in [0, 0.1) is 0 Å². The van der Waals surface area contributed by atoms with Crippen molar-refractivity contribution in [2.45, 2.75) is 18.7 Å². The van der Waals surface area contributed by atoms with Crippen molar-refractivity contribution in [3.8, 4) is 0 Å². The molecule has 0 saturated carbocycles. The molecule has 0 aromatic heterocycles. The van der Waals surface area contributed by atoms with E-state index in [9.17, 15) is 9.18 Å². The molecule has 1 aliphatic heterocycles. The molecule has 2 atom stereocenters. The fourth-order valence-corrected chi connectivity index (χ4v) is 1.07. The lowest BCUT2D eigenvalue weighted by Crippen LogP contribution is -2.46. The van der Waals surface area contributed by atoms with E-state index >= 15 is 0 Å². The van der Waals surface area contributed by atoms with E-state index in [1.54, 1.807) is 0 Å². The molecule has 1 amide bonds. The molecule has 0 aromatic rings. The second-order valence-corrected chi connectivity index (χ2v) is 2.60. The van der Waals surface area contributed by atoms with Gasteiger partial charge in [-0.2, -0.15) is 0 Å².